The molecule has 0 atom stereocenters. The van der Waals surface area contributed by atoms with E-state index in [0.717, 1.165) is 43.6 Å². The summed E-state index contributed by atoms with van der Waals surface area (Å²) in [5, 5.41) is 7.21. The van der Waals surface area contributed by atoms with Gasteiger partial charge in [0, 0.05) is 17.9 Å². The van der Waals surface area contributed by atoms with Crippen molar-refractivity contribution in [3.8, 4) is 44.5 Å². The molecule has 0 aliphatic rings. The van der Waals surface area contributed by atoms with Crippen LogP contribution in [0.25, 0.3) is 76.8 Å². The van der Waals surface area contributed by atoms with Crippen LogP contribution in [0.3, 0.4) is 0 Å². The third kappa shape index (κ3) is 9.89. The molecule has 12 rings (SSSR count). The fourth-order valence-electron chi connectivity index (χ4n) is 11.1. The maximum Gasteiger partial charge on any atom is 0.0211 e. The largest absolute Gasteiger partial charge is 0.0622 e. The average Bonchev–Trinajstić information content (AvgIpc) is 3.43. The molecule has 12 aromatic rings. The summed E-state index contributed by atoms with van der Waals surface area (Å²) >= 11 is 16.1. The van der Waals surface area contributed by atoms with E-state index in [1.807, 2.05) is 0 Å². The second-order valence-electron chi connectivity index (χ2n) is 19.3. The molecule has 0 saturated carbocycles. The number of hydrogen-bond acceptors (Lipinski definition) is 0. The maximum absolute atomic E-state index is 4.03. The lowest BCUT2D eigenvalue weighted by Crippen LogP contribution is -2.00. The zero-order chi connectivity index (χ0) is 50.1. The molecule has 74 heavy (non-hydrogen) atoms. The molecule has 0 aliphatic carbocycles. The molecule has 0 bridgehead atoms. The van der Waals surface area contributed by atoms with Crippen LogP contribution in [-0.4, -0.2) is 0 Å². The fourth-order valence-corrected chi connectivity index (χ4v) is 12.6. The van der Waals surface area contributed by atoms with Crippen LogP contribution >= 0.6 is 63.7 Å². The van der Waals surface area contributed by atoms with Gasteiger partial charge >= 0.3 is 0 Å². The lowest BCUT2D eigenvalue weighted by molar-refractivity contribution is 1.18. The first-order chi connectivity index (χ1) is 36.3. The highest BCUT2D eigenvalue weighted by Gasteiger charge is 2.27. The van der Waals surface area contributed by atoms with Crippen LogP contribution in [0.1, 0.15) is 44.5 Å². The maximum atomic E-state index is 4.03. The molecule has 12 aromatic carbocycles. The minimum Gasteiger partial charge on any atom is -0.0622 e. The molecule has 0 saturated heterocycles. The molecule has 0 aromatic heterocycles. The first kappa shape index (κ1) is 48.3. The Morgan fingerprint density at radius 3 is 0.932 bits per heavy atom. The summed E-state index contributed by atoms with van der Waals surface area (Å²) < 4.78 is 4.26. The first-order valence-electron chi connectivity index (χ1n) is 25.1. The van der Waals surface area contributed by atoms with E-state index >= 15 is 0 Å². The molecule has 0 aliphatic heterocycles. The molecule has 0 spiro atoms. The van der Waals surface area contributed by atoms with Gasteiger partial charge in [-0.3, -0.25) is 0 Å². The minimum absolute atomic E-state index is 0.793. The van der Waals surface area contributed by atoms with Crippen molar-refractivity contribution >= 4 is 96.0 Å². The summed E-state index contributed by atoms with van der Waals surface area (Å²) in [6.45, 7) is 0. The van der Waals surface area contributed by atoms with E-state index in [0.29, 0.717) is 0 Å². The van der Waals surface area contributed by atoms with Crippen molar-refractivity contribution in [3.05, 3.63) is 305 Å². The van der Waals surface area contributed by atoms with Gasteiger partial charge in [0.1, 0.15) is 0 Å². The van der Waals surface area contributed by atoms with Crippen LogP contribution in [0.2, 0.25) is 0 Å². The first-order valence-corrected chi connectivity index (χ1v) is 28.2. The third-order valence-electron chi connectivity index (χ3n) is 14.4. The van der Waals surface area contributed by atoms with E-state index in [4.69, 9.17) is 0 Å². The summed E-state index contributed by atoms with van der Waals surface area (Å²) in [5.41, 5.74) is 19.7. The molecule has 0 unspecified atom stereocenters. The number of fused-ring (bicyclic) bond motifs is 3. The van der Waals surface area contributed by atoms with Crippen LogP contribution in [0, 0.1) is 0 Å². The van der Waals surface area contributed by atoms with Crippen molar-refractivity contribution in [3.63, 3.8) is 0 Å². The molecule has 356 valence electrons. The van der Waals surface area contributed by atoms with Gasteiger partial charge in [-0.25, -0.2) is 0 Å². The number of hydrogen-bond donors (Lipinski definition) is 0. The number of halogens is 4. The smallest absolute Gasteiger partial charge is 0.0211 e. The summed E-state index contributed by atoms with van der Waals surface area (Å²) in [4.78, 5) is 0. The lowest BCUT2D eigenvalue weighted by atomic mass is 9.77. The van der Waals surface area contributed by atoms with Gasteiger partial charge < -0.3 is 0 Å². The van der Waals surface area contributed by atoms with E-state index in [1.165, 1.54) is 121 Å². The molecule has 0 fully saturated rings. The van der Waals surface area contributed by atoms with Crippen molar-refractivity contribution in [2.75, 3.05) is 0 Å². The van der Waals surface area contributed by atoms with E-state index < -0.39 is 0 Å². The summed E-state index contributed by atoms with van der Waals surface area (Å²) in [5.74, 6) is 0. The predicted octanol–water partition coefficient (Wildman–Crippen LogP) is 21.2. The molecule has 0 heterocycles. The quantitative estimate of drug-likeness (QED) is 0.107. The second kappa shape index (κ2) is 21.3. The summed E-state index contributed by atoms with van der Waals surface area (Å²) in [6, 6.07) is 89.8. The topological polar surface area (TPSA) is 0 Å². The highest BCUT2D eigenvalue weighted by atomic mass is 79.9. The Morgan fingerprint density at radius 1 is 0.230 bits per heavy atom. The van der Waals surface area contributed by atoms with Gasteiger partial charge in [0.15, 0.2) is 0 Å². The van der Waals surface area contributed by atoms with Crippen LogP contribution in [0.4, 0.5) is 0 Å². The number of benzene rings is 12. The monoisotopic (exact) mass is 1200 g/mol. The molecular weight excluding hydrogens is 1160 g/mol. The molecule has 4 heteroatoms. The van der Waals surface area contributed by atoms with Gasteiger partial charge in [0.25, 0.3) is 0 Å². The van der Waals surface area contributed by atoms with Crippen LogP contribution in [-0.2, 0) is 25.7 Å². The van der Waals surface area contributed by atoms with Gasteiger partial charge in [-0.15, -0.1) is 0 Å². The van der Waals surface area contributed by atoms with Crippen molar-refractivity contribution < 1.29 is 0 Å². The minimum atomic E-state index is 0.793. The normalized spacial score (nSPS) is 11.5. The Balaban J connectivity index is 1.27. The third-order valence-corrected chi connectivity index (χ3v) is 16.9. The average molecular weight is 1210 g/mol. The van der Waals surface area contributed by atoms with Crippen LogP contribution in [0.5, 0.6) is 0 Å². The fraction of sp³-hybridized carbons (Fsp3) is 0.0571. The van der Waals surface area contributed by atoms with E-state index in [2.05, 4.69) is 306 Å². The Morgan fingerprint density at radius 2 is 0.554 bits per heavy atom. The summed E-state index contributed by atoms with van der Waals surface area (Å²) in [7, 11) is 0. The van der Waals surface area contributed by atoms with Crippen molar-refractivity contribution in [1.29, 1.82) is 0 Å². The Bertz CT molecular complexity index is 3770. The van der Waals surface area contributed by atoms with Gasteiger partial charge in [0.2, 0.25) is 0 Å². The highest BCUT2D eigenvalue weighted by Crippen LogP contribution is 2.55. The van der Waals surface area contributed by atoms with Crippen LogP contribution < -0.4 is 0 Å². The van der Waals surface area contributed by atoms with Crippen LogP contribution in [0.15, 0.2) is 261 Å². The molecule has 0 radical (unpaired) electrons. The Kier molecular flexibility index (Phi) is 13.9. The highest BCUT2D eigenvalue weighted by molar-refractivity contribution is 9.11. The van der Waals surface area contributed by atoms with E-state index in [9.17, 15) is 0 Å². The van der Waals surface area contributed by atoms with Gasteiger partial charge in [-0.2, -0.15) is 0 Å². The predicted molar refractivity (Wildman–Crippen MR) is 328 cm³/mol. The van der Waals surface area contributed by atoms with E-state index in [-0.39, 0.29) is 0 Å². The molecular formula is C70H48Br4. The Hall–Kier alpha value is -6.66. The van der Waals surface area contributed by atoms with Crippen molar-refractivity contribution in [2.45, 2.75) is 25.7 Å². The lowest BCUT2D eigenvalue weighted by Gasteiger charge is -2.26. The number of rotatable bonds is 12. The Labute approximate surface area is 467 Å². The molecule has 0 amide bonds. The zero-order valence-corrected chi connectivity index (χ0v) is 46.8. The van der Waals surface area contributed by atoms with E-state index in [1.54, 1.807) is 0 Å². The van der Waals surface area contributed by atoms with Gasteiger partial charge in [-0.1, -0.05) is 258 Å². The van der Waals surface area contributed by atoms with Crippen molar-refractivity contribution in [2.24, 2.45) is 0 Å². The second-order valence-corrected chi connectivity index (χ2v) is 22.8. The van der Waals surface area contributed by atoms with Gasteiger partial charge in [0.05, 0.1) is 0 Å². The standard InChI is InChI=1S/C70H48Br4/c71-57-29-31-59-61(43-57)67(51-25-13-23-49(39-51)35-45-15-5-1-6-16-45)69-65(53-27-33-63(73)55(41-53)37-47-19-9-3-10-20-47)60-32-30-58(72)44-62(60)68(52-26-14-24-50(40-52)36-46-17-7-2-8-18-46)70(69)66(59)54-28-34-64(74)56(42-54)38-48-21-11-4-12-22-48/h1-34,39-44H,35-38H2. The zero-order valence-electron chi connectivity index (χ0n) is 40.4. The molecule has 0 N–H and O–H groups in total. The molecule has 0 nitrogen and oxygen atoms in total. The summed E-state index contributed by atoms with van der Waals surface area (Å²) in [6.07, 6.45) is 3.24. The van der Waals surface area contributed by atoms with Gasteiger partial charge in [-0.05, 0) is 196 Å². The SMILES string of the molecule is Brc1ccc2c(-c3ccc(Br)c(Cc4ccccc4)c3)c3c(-c4cccc(Cc5ccccc5)c4)c4cc(Br)ccc4c(-c4ccc(Br)c(Cc5ccccc5)c4)c3c(-c3cccc(Cc4ccccc4)c3)c2c1. The van der Waals surface area contributed by atoms with Crippen molar-refractivity contribution in [1.82, 2.24) is 0 Å².